The van der Waals surface area contributed by atoms with Crippen LogP contribution in [-0.4, -0.2) is 16.8 Å². The summed E-state index contributed by atoms with van der Waals surface area (Å²) in [7, 11) is 0. The average molecular weight is 335 g/mol. The van der Waals surface area contributed by atoms with Gasteiger partial charge in [-0.25, -0.2) is 0 Å². The predicted molar refractivity (Wildman–Crippen MR) is 92.3 cm³/mol. The van der Waals surface area contributed by atoms with Crippen molar-refractivity contribution < 1.29 is 4.79 Å². The highest BCUT2D eigenvalue weighted by atomic mass is 35.5. The second kappa shape index (κ2) is 6.05. The average Bonchev–Trinajstić information content (AvgIpc) is 2.49. The fourth-order valence-corrected chi connectivity index (χ4v) is 3.37. The Morgan fingerprint density at radius 2 is 1.90 bits per heavy atom. The van der Waals surface area contributed by atoms with Crippen LogP contribution in [0, 0.1) is 0 Å². The van der Waals surface area contributed by atoms with Crippen molar-refractivity contribution in [1.82, 2.24) is 0 Å². The Hall–Kier alpha value is -1.56. The van der Waals surface area contributed by atoms with Crippen LogP contribution < -0.4 is 10.2 Å². The first-order valence-corrected chi connectivity index (χ1v) is 8.03. The summed E-state index contributed by atoms with van der Waals surface area (Å²) >= 11 is 12.8. The molecule has 1 N–H and O–H groups in total. The minimum Gasteiger partial charge on any atom is -0.332 e. The van der Waals surface area contributed by atoms with Crippen LogP contribution in [0.25, 0.3) is 0 Å². The van der Waals surface area contributed by atoms with Gasteiger partial charge < -0.3 is 5.32 Å². The molecule has 3 nitrogen and oxygen atoms in total. The van der Waals surface area contributed by atoms with Crippen molar-refractivity contribution in [1.29, 1.82) is 0 Å². The Morgan fingerprint density at radius 3 is 2.67 bits per heavy atom. The molecule has 106 valence electrons. The van der Waals surface area contributed by atoms with Gasteiger partial charge in [0.05, 0.1) is 11.4 Å². The number of benzene rings is 2. The molecule has 2 aromatic carbocycles. The molecule has 21 heavy (non-hydrogen) atoms. The topological polar surface area (TPSA) is 32.3 Å². The van der Waals surface area contributed by atoms with Gasteiger partial charge >= 0.3 is 0 Å². The zero-order valence-electron chi connectivity index (χ0n) is 10.9. The van der Waals surface area contributed by atoms with E-state index in [1.165, 1.54) is 11.8 Å². The molecule has 2 aromatic rings. The largest absolute Gasteiger partial charge is 0.332 e. The van der Waals surface area contributed by atoms with Crippen LogP contribution >= 0.6 is 35.6 Å². The molecule has 0 spiro atoms. The fourth-order valence-electron chi connectivity index (χ4n) is 2.04. The standard InChI is InChI=1S/C15H11ClN2OS2/c16-10-5-7-11(8-6-10)17-15(20)18-12-3-1-2-4-13(12)21-9-14(18)19/h1-8H,9H2,(H,17,20). The maximum Gasteiger partial charge on any atom is 0.243 e. The SMILES string of the molecule is O=C1CSc2ccccc2N1C(=S)Nc1ccc(Cl)cc1. The van der Waals surface area contributed by atoms with Gasteiger partial charge in [0.1, 0.15) is 0 Å². The van der Waals surface area contributed by atoms with E-state index in [-0.39, 0.29) is 5.91 Å². The van der Waals surface area contributed by atoms with Gasteiger partial charge in [0, 0.05) is 15.6 Å². The highest BCUT2D eigenvalue weighted by Gasteiger charge is 2.27. The molecule has 1 aliphatic rings. The van der Waals surface area contributed by atoms with Crippen LogP contribution in [0.5, 0.6) is 0 Å². The predicted octanol–water partition coefficient (Wildman–Crippen LogP) is 4.18. The Bertz CT molecular complexity index is 703. The molecule has 6 heteroatoms. The number of hydrogen-bond acceptors (Lipinski definition) is 3. The first kappa shape index (κ1) is 14.4. The van der Waals surface area contributed by atoms with E-state index in [9.17, 15) is 4.79 Å². The van der Waals surface area contributed by atoms with E-state index in [1.807, 2.05) is 36.4 Å². The molecule has 0 bridgehead atoms. The molecular weight excluding hydrogens is 324 g/mol. The van der Waals surface area contributed by atoms with Crippen molar-refractivity contribution in [2.45, 2.75) is 4.90 Å². The zero-order valence-corrected chi connectivity index (χ0v) is 13.3. The van der Waals surface area contributed by atoms with E-state index in [2.05, 4.69) is 5.32 Å². The Labute approximate surface area is 137 Å². The van der Waals surface area contributed by atoms with Crippen LogP contribution in [-0.2, 0) is 4.79 Å². The Morgan fingerprint density at radius 1 is 1.19 bits per heavy atom. The molecule has 1 amide bonds. The quantitative estimate of drug-likeness (QED) is 0.793. The molecule has 3 rings (SSSR count). The lowest BCUT2D eigenvalue weighted by Crippen LogP contribution is -2.43. The number of carbonyl (C=O) groups excluding carboxylic acids is 1. The number of thioether (sulfide) groups is 1. The molecule has 0 unspecified atom stereocenters. The van der Waals surface area contributed by atoms with Gasteiger partial charge in [-0.05, 0) is 48.6 Å². The number of fused-ring (bicyclic) bond motifs is 1. The van der Waals surface area contributed by atoms with Crippen LogP contribution in [0.3, 0.4) is 0 Å². The molecule has 0 aliphatic carbocycles. The van der Waals surface area contributed by atoms with Gasteiger partial charge in [0.2, 0.25) is 5.91 Å². The third kappa shape index (κ3) is 3.05. The number of amides is 1. The summed E-state index contributed by atoms with van der Waals surface area (Å²) in [6.45, 7) is 0. The Balaban J connectivity index is 1.87. The maximum atomic E-state index is 12.2. The molecule has 0 fully saturated rings. The van der Waals surface area contributed by atoms with E-state index < -0.39 is 0 Å². The van der Waals surface area contributed by atoms with Crippen LogP contribution in [0.4, 0.5) is 11.4 Å². The summed E-state index contributed by atoms with van der Waals surface area (Å²) in [6, 6.07) is 14.9. The van der Waals surface area contributed by atoms with E-state index in [0.29, 0.717) is 15.9 Å². The molecule has 0 saturated carbocycles. The molecule has 1 aliphatic heterocycles. The fraction of sp³-hybridized carbons (Fsp3) is 0.0667. The zero-order chi connectivity index (χ0) is 14.8. The first-order valence-electron chi connectivity index (χ1n) is 6.26. The summed E-state index contributed by atoms with van der Waals surface area (Å²) < 4.78 is 0. The van der Waals surface area contributed by atoms with Gasteiger partial charge in [-0.3, -0.25) is 9.69 Å². The summed E-state index contributed by atoms with van der Waals surface area (Å²) in [5, 5.41) is 4.10. The summed E-state index contributed by atoms with van der Waals surface area (Å²) in [5.74, 6) is 0.365. The van der Waals surface area contributed by atoms with Crippen molar-refractivity contribution in [2.24, 2.45) is 0 Å². The van der Waals surface area contributed by atoms with Gasteiger partial charge in [0.15, 0.2) is 5.11 Å². The van der Waals surface area contributed by atoms with Gasteiger partial charge in [-0.1, -0.05) is 23.7 Å². The van der Waals surface area contributed by atoms with Crippen LogP contribution in [0.15, 0.2) is 53.4 Å². The monoisotopic (exact) mass is 334 g/mol. The van der Waals surface area contributed by atoms with Crippen molar-refractivity contribution in [2.75, 3.05) is 16.0 Å². The normalized spacial score (nSPS) is 13.8. The molecular formula is C15H11ClN2OS2. The van der Waals surface area contributed by atoms with Crippen molar-refractivity contribution >= 4 is 58.0 Å². The highest BCUT2D eigenvalue weighted by molar-refractivity contribution is 8.00. The summed E-state index contributed by atoms with van der Waals surface area (Å²) in [4.78, 5) is 14.8. The lowest BCUT2D eigenvalue weighted by Gasteiger charge is -2.29. The van der Waals surface area contributed by atoms with Crippen LogP contribution in [0.2, 0.25) is 5.02 Å². The van der Waals surface area contributed by atoms with E-state index in [0.717, 1.165) is 16.3 Å². The molecule has 0 atom stereocenters. The lowest BCUT2D eigenvalue weighted by atomic mass is 10.3. The number of halogens is 1. The second-order valence-electron chi connectivity index (χ2n) is 4.42. The van der Waals surface area contributed by atoms with E-state index in [1.54, 1.807) is 17.0 Å². The number of thiocarbonyl (C=S) groups is 1. The number of anilines is 2. The Kier molecular flexibility index (Phi) is 4.14. The minimum atomic E-state index is -0.0230. The molecule has 0 aromatic heterocycles. The number of hydrogen-bond donors (Lipinski definition) is 1. The number of para-hydroxylation sites is 1. The number of nitrogens with one attached hydrogen (secondary N) is 1. The third-order valence-electron chi connectivity index (χ3n) is 3.01. The summed E-state index contributed by atoms with van der Waals surface area (Å²) in [5.41, 5.74) is 1.62. The van der Waals surface area contributed by atoms with Crippen LogP contribution in [0.1, 0.15) is 0 Å². The molecule has 0 radical (unpaired) electrons. The molecule has 0 saturated heterocycles. The van der Waals surface area contributed by atoms with Crippen molar-refractivity contribution in [3.63, 3.8) is 0 Å². The minimum absolute atomic E-state index is 0.0230. The van der Waals surface area contributed by atoms with E-state index in [4.69, 9.17) is 23.8 Å². The van der Waals surface area contributed by atoms with E-state index >= 15 is 0 Å². The molecule has 1 heterocycles. The number of nitrogens with zero attached hydrogens (tertiary/aromatic N) is 1. The number of rotatable bonds is 1. The van der Waals surface area contributed by atoms with Crippen molar-refractivity contribution in [3.05, 3.63) is 53.6 Å². The maximum absolute atomic E-state index is 12.2. The first-order chi connectivity index (χ1) is 10.1. The second-order valence-corrected chi connectivity index (χ2v) is 6.26. The lowest BCUT2D eigenvalue weighted by molar-refractivity contribution is -0.115. The van der Waals surface area contributed by atoms with Crippen molar-refractivity contribution in [3.8, 4) is 0 Å². The third-order valence-corrected chi connectivity index (χ3v) is 4.59. The van der Waals surface area contributed by atoms with Gasteiger partial charge in [-0.2, -0.15) is 0 Å². The van der Waals surface area contributed by atoms with Gasteiger partial charge in [-0.15, -0.1) is 11.8 Å². The number of carbonyl (C=O) groups is 1. The van der Waals surface area contributed by atoms with Gasteiger partial charge in [0.25, 0.3) is 0 Å². The summed E-state index contributed by atoms with van der Waals surface area (Å²) in [6.07, 6.45) is 0. The highest BCUT2D eigenvalue weighted by Crippen LogP contribution is 2.35. The smallest absolute Gasteiger partial charge is 0.243 e.